The zero-order valence-electron chi connectivity index (χ0n) is 15.8. The minimum Gasteiger partial charge on any atom is -0.480 e. The molecule has 3 heterocycles. The number of hydrogen-bond donors (Lipinski definition) is 3. The lowest BCUT2D eigenvalue weighted by atomic mass is 10.0. The van der Waals surface area contributed by atoms with Crippen molar-refractivity contribution in [2.45, 2.75) is 50.7 Å². The Balaban J connectivity index is 1.43. The molecule has 8 heteroatoms. The van der Waals surface area contributed by atoms with E-state index in [2.05, 4.69) is 15.5 Å². The lowest BCUT2D eigenvalue weighted by molar-refractivity contribution is -0.143. The number of urea groups is 1. The Labute approximate surface area is 155 Å². The van der Waals surface area contributed by atoms with Gasteiger partial charge in [-0.3, -0.25) is 14.6 Å². The summed E-state index contributed by atoms with van der Waals surface area (Å²) in [5, 5.41) is 15.7. The smallest absolute Gasteiger partial charge is 0.320 e. The average molecular weight is 367 g/mol. The zero-order valence-corrected chi connectivity index (χ0v) is 15.8. The van der Waals surface area contributed by atoms with Crippen LogP contribution >= 0.6 is 0 Å². The van der Waals surface area contributed by atoms with Crippen molar-refractivity contribution in [3.8, 4) is 0 Å². The van der Waals surface area contributed by atoms with Gasteiger partial charge in [-0.2, -0.15) is 0 Å². The van der Waals surface area contributed by atoms with Gasteiger partial charge in [0.1, 0.15) is 6.04 Å². The quantitative estimate of drug-likeness (QED) is 0.648. The van der Waals surface area contributed by atoms with Crippen LogP contribution in [0.15, 0.2) is 0 Å². The Hall–Kier alpha value is -1.38. The van der Waals surface area contributed by atoms with E-state index >= 15 is 0 Å². The molecule has 2 unspecified atom stereocenters. The van der Waals surface area contributed by atoms with E-state index in [1.165, 1.54) is 12.8 Å². The van der Waals surface area contributed by atoms with Crippen LogP contribution in [-0.2, 0) is 4.79 Å². The zero-order chi connectivity index (χ0) is 18.5. The molecule has 2 atom stereocenters. The van der Waals surface area contributed by atoms with Crippen molar-refractivity contribution in [1.29, 1.82) is 0 Å². The fourth-order valence-electron chi connectivity index (χ4n) is 4.36. The number of hydrogen-bond acceptors (Lipinski definition) is 5. The molecule has 0 aromatic carbocycles. The van der Waals surface area contributed by atoms with Gasteiger partial charge in [-0.05, 0) is 52.2 Å². The Morgan fingerprint density at radius 2 is 1.77 bits per heavy atom. The number of carboxylic acid groups (broad SMARTS) is 1. The molecule has 0 aromatic heterocycles. The minimum atomic E-state index is -0.800. The van der Waals surface area contributed by atoms with Crippen molar-refractivity contribution in [2.75, 3.05) is 52.4 Å². The Bertz CT molecular complexity index is 489. The monoisotopic (exact) mass is 367 g/mol. The molecule has 0 spiro atoms. The van der Waals surface area contributed by atoms with Gasteiger partial charge in [0, 0.05) is 44.8 Å². The molecule has 148 valence electrons. The normalized spacial score (nSPS) is 27.9. The second kappa shape index (κ2) is 9.01. The maximum atomic E-state index is 12.6. The summed E-state index contributed by atoms with van der Waals surface area (Å²) in [5.74, 6) is -0.800. The number of likely N-dealkylation sites (tertiary alicyclic amines) is 1. The van der Waals surface area contributed by atoms with Gasteiger partial charge in [0.25, 0.3) is 0 Å². The summed E-state index contributed by atoms with van der Waals surface area (Å²) in [7, 11) is 0. The van der Waals surface area contributed by atoms with Gasteiger partial charge in [-0.1, -0.05) is 0 Å². The maximum Gasteiger partial charge on any atom is 0.320 e. The van der Waals surface area contributed by atoms with E-state index in [4.69, 9.17) is 0 Å². The van der Waals surface area contributed by atoms with Gasteiger partial charge in [0.2, 0.25) is 0 Å². The molecule has 3 aliphatic heterocycles. The molecule has 3 fully saturated rings. The molecule has 0 saturated carbocycles. The molecular formula is C18H33N5O3. The van der Waals surface area contributed by atoms with Crippen LogP contribution in [-0.4, -0.2) is 102 Å². The molecule has 26 heavy (non-hydrogen) atoms. The Kier molecular flexibility index (Phi) is 6.72. The molecule has 3 rings (SSSR count). The highest BCUT2D eigenvalue weighted by atomic mass is 16.4. The number of carbonyl (C=O) groups excluding carboxylic acids is 1. The molecule has 8 nitrogen and oxygen atoms in total. The predicted octanol–water partition coefficient (Wildman–Crippen LogP) is 0.00310. The highest BCUT2D eigenvalue weighted by Gasteiger charge is 2.30. The highest BCUT2D eigenvalue weighted by Crippen LogP contribution is 2.16. The summed E-state index contributed by atoms with van der Waals surface area (Å²) in [6, 6.07) is 0.208. The SMILES string of the molecule is CC(C(=O)O)N1CCCC(NC(=O)N2CCN(C3CCNCC3)CC2)C1. The first-order valence-electron chi connectivity index (χ1n) is 10.0. The first-order chi connectivity index (χ1) is 12.5. The molecule has 3 N–H and O–H groups in total. The number of amides is 2. The number of piperidine rings is 2. The van der Waals surface area contributed by atoms with Crippen LogP contribution in [0.5, 0.6) is 0 Å². The van der Waals surface area contributed by atoms with Crippen LogP contribution in [0.3, 0.4) is 0 Å². The fourth-order valence-corrected chi connectivity index (χ4v) is 4.36. The third-order valence-electron chi connectivity index (χ3n) is 6.11. The molecule has 0 bridgehead atoms. The third kappa shape index (κ3) is 4.86. The summed E-state index contributed by atoms with van der Waals surface area (Å²) < 4.78 is 0. The van der Waals surface area contributed by atoms with Crippen LogP contribution in [0.4, 0.5) is 4.79 Å². The summed E-state index contributed by atoms with van der Waals surface area (Å²) in [4.78, 5) is 30.2. The van der Waals surface area contributed by atoms with Gasteiger partial charge in [0.05, 0.1) is 0 Å². The lowest BCUT2D eigenvalue weighted by Gasteiger charge is -2.41. The molecule has 0 aliphatic carbocycles. The van der Waals surface area contributed by atoms with Crippen molar-refractivity contribution in [3.05, 3.63) is 0 Å². The van der Waals surface area contributed by atoms with Crippen molar-refractivity contribution < 1.29 is 14.7 Å². The second-order valence-corrected chi connectivity index (χ2v) is 7.80. The topological polar surface area (TPSA) is 88.1 Å². The minimum absolute atomic E-state index is 0.00443. The van der Waals surface area contributed by atoms with Gasteiger partial charge in [-0.15, -0.1) is 0 Å². The number of piperazine rings is 1. The van der Waals surface area contributed by atoms with E-state index in [9.17, 15) is 14.7 Å². The molecule has 0 radical (unpaired) electrons. The van der Waals surface area contributed by atoms with E-state index < -0.39 is 12.0 Å². The second-order valence-electron chi connectivity index (χ2n) is 7.80. The van der Waals surface area contributed by atoms with E-state index in [0.29, 0.717) is 12.6 Å². The van der Waals surface area contributed by atoms with E-state index in [1.54, 1.807) is 6.92 Å². The van der Waals surface area contributed by atoms with Gasteiger partial charge in [-0.25, -0.2) is 4.79 Å². The van der Waals surface area contributed by atoms with Crippen LogP contribution in [0.1, 0.15) is 32.6 Å². The van der Waals surface area contributed by atoms with Gasteiger partial charge in [0.15, 0.2) is 0 Å². The van der Waals surface area contributed by atoms with Crippen LogP contribution in [0.25, 0.3) is 0 Å². The summed E-state index contributed by atoms with van der Waals surface area (Å²) in [6.45, 7) is 8.76. The molecule has 0 aromatic rings. The van der Waals surface area contributed by atoms with Crippen LogP contribution in [0, 0.1) is 0 Å². The fraction of sp³-hybridized carbons (Fsp3) is 0.889. The van der Waals surface area contributed by atoms with Crippen molar-refractivity contribution in [3.63, 3.8) is 0 Å². The Morgan fingerprint density at radius 3 is 2.42 bits per heavy atom. The van der Waals surface area contributed by atoms with E-state index in [1.807, 2.05) is 9.80 Å². The number of nitrogens with zero attached hydrogens (tertiary/aromatic N) is 3. The number of carboxylic acids is 1. The van der Waals surface area contributed by atoms with Crippen LogP contribution in [0.2, 0.25) is 0 Å². The first-order valence-corrected chi connectivity index (χ1v) is 10.0. The summed E-state index contributed by atoms with van der Waals surface area (Å²) in [6.07, 6.45) is 4.24. The largest absolute Gasteiger partial charge is 0.480 e. The average Bonchev–Trinajstić information content (AvgIpc) is 2.68. The number of aliphatic carboxylic acids is 1. The van der Waals surface area contributed by atoms with Crippen molar-refractivity contribution in [2.24, 2.45) is 0 Å². The lowest BCUT2D eigenvalue weighted by Crippen LogP contribution is -2.58. The molecule has 3 aliphatic rings. The standard InChI is InChI=1S/C18H33N5O3/c1-14(17(24)25)23-8-2-3-15(13-23)20-18(26)22-11-9-21(10-12-22)16-4-6-19-7-5-16/h14-16,19H,2-13H2,1H3,(H,20,26)(H,24,25). The van der Waals surface area contributed by atoms with Crippen molar-refractivity contribution in [1.82, 2.24) is 25.3 Å². The molecule has 2 amide bonds. The summed E-state index contributed by atoms with van der Waals surface area (Å²) in [5.41, 5.74) is 0. The number of carbonyl (C=O) groups is 2. The number of rotatable bonds is 4. The summed E-state index contributed by atoms with van der Waals surface area (Å²) >= 11 is 0. The molecular weight excluding hydrogens is 334 g/mol. The predicted molar refractivity (Wildman–Crippen MR) is 99.3 cm³/mol. The van der Waals surface area contributed by atoms with Gasteiger partial charge < -0.3 is 20.6 Å². The van der Waals surface area contributed by atoms with E-state index in [0.717, 1.165) is 58.7 Å². The third-order valence-corrected chi connectivity index (χ3v) is 6.11. The maximum absolute atomic E-state index is 12.6. The van der Waals surface area contributed by atoms with Gasteiger partial charge >= 0.3 is 12.0 Å². The van der Waals surface area contributed by atoms with E-state index in [-0.39, 0.29) is 12.1 Å². The Morgan fingerprint density at radius 1 is 1.08 bits per heavy atom. The van der Waals surface area contributed by atoms with Crippen LogP contribution < -0.4 is 10.6 Å². The molecule has 3 saturated heterocycles. The first kappa shape index (κ1) is 19.4. The van der Waals surface area contributed by atoms with Crippen molar-refractivity contribution >= 4 is 12.0 Å². The number of nitrogens with one attached hydrogen (secondary N) is 2. The highest BCUT2D eigenvalue weighted by molar-refractivity contribution is 5.75.